The smallest absolute Gasteiger partial charge is 0.338 e. The third kappa shape index (κ3) is 4.63. The van der Waals surface area contributed by atoms with Crippen molar-refractivity contribution in [3.05, 3.63) is 53.1 Å². The molecule has 11 nitrogen and oxygen atoms in total. The minimum absolute atomic E-state index is 0.0716. The normalized spacial score (nSPS) is 16.8. The van der Waals surface area contributed by atoms with Gasteiger partial charge in [0.15, 0.2) is 34.9 Å². The van der Waals surface area contributed by atoms with Gasteiger partial charge in [-0.1, -0.05) is 0 Å². The van der Waals surface area contributed by atoms with Crippen LogP contribution in [0.15, 0.2) is 36.4 Å². The van der Waals surface area contributed by atoms with Gasteiger partial charge in [-0.15, -0.1) is 0 Å². The molecule has 0 bridgehead atoms. The summed E-state index contributed by atoms with van der Waals surface area (Å²) in [4.78, 5) is 13.0. The van der Waals surface area contributed by atoms with E-state index in [4.69, 9.17) is 14.2 Å². The monoisotopic (exact) mass is 500 g/mol. The predicted octanol–water partition coefficient (Wildman–Crippen LogP) is 3.31. The summed E-state index contributed by atoms with van der Waals surface area (Å²) < 4.78 is 16.8. The first kappa shape index (κ1) is 24.5. The van der Waals surface area contributed by atoms with E-state index < -0.39 is 46.9 Å². The Kier molecular flexibility index (Phi) is 6.23. The van der Waals surface area contributed by atoms with E-state index in [2.05, 4.69) is 0 Å². The number of hydrogen-bond acceptors (Lipinski definition) is 11. The number of hydrogen-bond donors (Lipinski definition) is 7. The van der Waals surface area contributed by atoms with Crippen LogP contribution in [0.3, 0.4) is 0 Å². The van der Waals surface area contributed by atoms with Gasteiger partial charge in [0.25, 0.3) is 0 Å². The van der Waals surface area contributed by atoms with Gasteiger partial charge >= 0.3 is 5.97 Å². The molecule has 3 aromatic carbocycles. The van der Waals surface area contributed by atoms with Crippen molar-refractivity contribution in [1.29, 1.82) is 0 Å². The largest absolute Gasteiger partial charge is 0.508 e. The number of carbonyl (C=O) groups is 1. The summed E-state index contributed by atoms with van der Waals surface area (Å²) in [7, 11) is 0. The molecule has 0 unspecified atom stereocenters. The number of carbonyl (C=O) groups excluding carboxylic acids is 1. The maximum atomic E-state index is 13.0. The van der Waals surface area contributed by atoms with Crippen molar-refractivity contribution in [3.8, 4) is 51.7 Å². The van der Waals surface area contributed by atoms with Crippen molar-refractivity contribution < 1.29 is 54.8 Å². The van der Waals surface area contributed by atoms with E-state index in [1.807, 2.05) is 0 Å². The quantitative estimate of drug-likeness (QED) is 0.201. The summed E-state index contributed by atoms with van der Waals surface area (Å²) in [5.41, 5.74) is 0.123. The van der Waals surface area contributed by atoms with Crippen LogP contribution in [0, 0.1) is 0 Å². The standard InChI is InChI=1S/C25H24O11/c1-10(2)34-24-18(30)5-12(6-19(24)31)25(33)36-21-9-14-15(27)7-13(26)8-20(14)35-23(21)11-3-16(28)22(32)17(29)4-11/h3-8,10,21,23,26-32H,9H2,1-2H3/t21-,23+/m0/s1. The number of phenolic OH excluding ortho intramolecular Hbond substituents is 7. The van der Waals surface area contributed by atoms with Gasteiger partial charge in [-0.3, -0.25) is 0 Å². The van der Waals surface area contributed by atoms with E-state index in [0.717, 1.165) is 30.3 Å². The Morgan fingerprint density at radius 2 is 1.47 bits per heavy atom. The van der Waals surface area contributed by atoms with Crippen molar-refractivity contribution in [2.24, 2.45) is 0 Å². The highest BCUT2D eigenvalue weighted by molar-refractivity contribution is 5.91. The fourth-order valence-electron chi connectivity index (χ4n) is 3.90. The van der Waals surface area contributed by atoms with E-state index in [9.17, 15) is 40.5 Å². The molecule has 0 aromatic heterocycles. The van der Waals surface area contributed by atoms with Gasteiger partial charge in [0.1, 0.15) is 23.4 Å². The number of rotatable bonds is 5. The average molecular weight is 500 g/mol. The highest BCUT2D eigenvalue weighted by atomic mass is 16.6. The van der Waals surface area contributed by atoms with Crippen LogP contribution in [-0.2, 0) is 11.2 Å². The van der Waals surface area contributed by atoms with Gasteiger partial charge in [-0.25, -0.2) is 4.79 Å². The van der Waals surface area contributed by atoms with E-state index in [1.54, 1.807) is 13.8 Å². The van der Waals surface area contributed by atoms with Gasteiger partial charge in [0, 0.05) is 29.7 Å². The lowest BCUT2D eigenvalue weighted by molar-refractivity contribution is -0.0189. The summed E-state index contributed by atoms with van der Waals surface area (Å²) in [6, 6.07) is 6.64. The lowest BCUT2D eigenvalue weighted by Gasteiger charge is -2.34. The molecule has 190 valence electrons. The van der Waals surface area contributed by atoms with E-state index in [0.29, 0.717) is 0 Å². The number of ether oxygens (including phenoxy) is 3. The molecule has 0 saturated carbocycles. The Morgan fingerprint density at radius 3 is 2.06 bits per heavy atom. The third-order valence-electron chi connectivity index (χ3n) is 5.49. The summed E-state index contributed by atoms with van der Waals surface area (Å²) in [5, 5.41) is 70.2. The van der Waals surface area contributed by atoms with Crippen LogP contribution >= 0.6 is 0 Å². The Hall–Kier alpha value is -4.67. The van der Waals surface area contributed by atoms with Gasteiger partial charge in [-0.05, 0) is 38.1 Å². The number of fused-ring (bicyclic) bond motifs is 1. The maximum Gasteiger partial charge on any atom is 0.338 e. The Labute approximate surface area is 204 Å². The molecule has 1 heterocycles. The first-order valence-electron chi connectivity index (χ1n) is 10.8. The Bertz CT molecular complexity index is 1290. The zero-order chi connectivity index (χ0) is 26.3. The van der Waals surface area contributed by atoms with Crippen molar-refractivity contribution >= 4 is 5.97 Å². The molecule has 1 aliphatic heterocycles. The molecule has 0 radical (unpaired) electrons. The molecule has 0 spiro atoms. The van der Waals surface area contributed by atoms with Gasteiger partial charge in [0.05, 0.1) is 11.7 Å². The summed E-state index contributed by atoms with van der Waals surface area (Å²) in [6.07, 6.45) is -2.78. The van der Waals surface area contributed by atoms with Crippen LogP contribution in [-0.4, -0.2) is 53.9 Å². The highest BCUT2D eigenvalue weighted by Gasteiger charge is 2.37. The fraction of sp³-hybridized carbons (Fsp3) is 0.240. The molecule has 2 atom stereocenters. The van der Waals surface area contributed by atoms with Crippen LogP contribution in [0.25, 0.3) is 0 Å². The molecular weight excluding hydrogens is 476 g/mol. The SMILES string of the molecule is CC(C)Oc1c(O)cc(C(=O)O[C@H]2Cc3c(O)cc(O)cc3O[C@@H]2c2cc(O)c(O)c(O)c2)cc1O. The fourth-order valence-corrected chi connectivity index (χ4v) is 3.90. The number of aromatic hydroxyl groups is 7. The summed E-state index contributed by atoms with van der Waals surface area (Å²) in [6.45, 7) is 3.38. The van der Waals surface area contributed by atoms with Crippen LogP contribution in [0.5, 0.6) is 51.7 Å². The lowest BCUT2D eigenvalue weighted by atomic mass is 9.93. The molecule has 7 N–H and O–H groups in total. The predicted molar refractivity (Wildman–Crippen MR) is 123 cm³/mol. The van der Waals surface area contributed by atoms with Crippen molar-refractivity contribution in [3.63, 3.8) is 0 Å². The molecule has 0 amide bonds. The maximum absolute atomic E-state index is 13.0. The van der Waals surface area contributed by atoms with Crippen molar-refractivity contribution in [2.45, 2.75) is 38.6 Å². The van der Waals surface area contributed by atoms with Gasteiger partial charge < -0.3 is 50.0 Å². The molecule has 0 fully saturated rings. The molecule has 36 heavy (non-hydrogen) atoms. The minimum Gasteiger partial charge on any atom is -0.508 e. The Morgan fingerprint density at radius 1 is 0.861 bits per heavy atom. The second-order valence-corrected chi connectivity index (χ2v) is 8.55. The van der Waals surface area contributed by atoms with E-state index in [1.165, 1.54) is 6.07 Å². The van der Waals surface area contributed by atoms with Crippen LogP contribution in [0.2, 0.25) is 0 Å². The van der Waals surface area contributed by atoms with E-state index >= 15 is 0 Å². The zero-order valence-corrected chi connectivity index (χ0v) is 19.2. The average Bonchev–Trinajstić information content (AvgIpc) is 2.79. The first-order chi connectivity index (χ1) is 16.9. The molecule has 3 aromatic rings. The minimum atomic E-state index is -1.16. The molecule has 4 rings (SSSR count). The van der Waals surface area contributed by atoms with Crippen molar-refractivity contribution in [1.82, 2.24) is 0 Å². The second-order valence-electron chi connectivity index (χ2n) is 8.55. The van der Waals surface area contributed by atoms with Crippen LogP contribution in [0.1, 0.15) is 41.4 Å². The molecular formula is C25H24O11. The van der Waals surface area contributed by atoms with Crippen LogP contribution in [0.4, 0.5) is 0 Å². The van der Waals surface area contributed by atoms with Crippen molar-refractivity contribution in [2.75, 3.05) is 0 Å². The summed E-state index contributed by atoms with van der Waals surface area (Å²) >= 11 is 0. The third-order valence-corrected chi connectivity index (χ3v) is 5.49. The molecule has 1 aliphatic rings. The molecule has 0 saturated heterocycles. The van der Waals surface area contributed by atoms with Crippen LogP contribution < -0.4 is 9.47 Å². The molecule has 0 aliphatic carbocycles. The number of phenols is 7. The van der Waals surface area contributed by atoms with E-state index in [-0.39, 0.29) is 52.2 Å². The molecule has 11 heteroatoms. The zero-order valence-electron chi connectivity index (χ0n) is 19.2. The van der Waals surface area contributed by atoms with Gasteiger partial charge in [-0.2, -0.15) is 0 Å². The number of benzene rings is 3. The Balaban J connectivity index is 1.71. The first-order valence-corrected chi connectivity index (χ1v) is 10.8. The van der Waals surface area contributed by atoms with Gasteiger partial charge in [0.2, 0.25) is 5.75 Å². The second kappa shape index (κ2) is 9.17. The topological polar surface area (TPSA) is 186 Å². The highest BCUT2D eigenvalue weighted by Crippen LogP contribution is 2.46. The lowest BCUT2D eigenvalue weighted by Crippen LogP contribution is -2.34. The summed E-state index contributed by atoms with van der Waals surface area (Å²) in [5.74, 6) is -4.73. The number of esters is 1.